The normalized spacial score (nSPS) is 22.0. The lowest BCUT2D eigenvalue weighted by Gasteiger charge is -2.31. The van der Waals surface area contributed by atoms with Crippen molar-refractivity contribution < 1.29 is 14.3 Å². The van der Waals surface area contributed by atoms with Gasteiger partial charge in [0, 0.05) is 13.0 Å². The maximum Gasteiger partial charge on any atom is 0.248 e. The number of amides is 1. The number of morpholine rings is 1. The first-order valence-corrected chi connectivity index (χ1v) is 8.14. The Hall–Kier alpha value is -1.47. The number of ether oxygens (including phenoxy) is 2. The predicted molar refractivity (Wildman–Crippen MR) is 79.2 cm³/mol. The molecule has 1 aliphatic heterocycles. The third kappa shape index (κ3) is 4.04. The van der Waals surface area contributed by atoms with E-state index in [1.807, 2.05) is 0 Å². The monoisotopic (exact) mass is 308 g/mol. The Bertz CT molecular complexity index is 501. The summed E-state index contributed by atoms with van der Waals surface area (Å²) in [6.07, 6.45) is 4.11. The van der Waals surface area contributed by atoms with Gasteiger partial charge in [-0.05, 0) is 25.2 Å². The summed E-state index contributed by atoms with van der Waals surface area (Å²) in [7, 11) is 0. The van der Waals surface area contributed by atoms with Crippen LogP contribution in [0.25, 0.3) is 0 Å². The van der Waals surface area contributed by atoms with Gasteiger partial charge in [-0.2, -0.15) is 5.10 Å². The van der Waals surface area contributed by atoms with E-state index in [0.29, 0.717) is 38.0 Å². The summed E-state index contributed by atoms with van der Waals surface area (Å²) in [5.41, 5.74) is 0. The highest BCUT2D eigenvalue weighted by Gasteiger charge is 2.28. The molecule has 2 fully saturated rings. The van der Waals surface area contributed by atoms with Crippen LogP contribution in [0.2, 0.25) is 0 Å². The molecule has 1 saturated carbocycles. The standard InChI is InChI=1S/C15H24N4O3/c1-2-3-13-16-15(18-17-13)12-8-19(6-7-22-12)14(20)10-21-9-11-4-5-11/h11-12H,2-10H2,1H3,(H,16,17,18)/t12-/m0/s1. The van der Waals surface area contributed by atoms with Crippen LogP contribution in [0.4, 0.5) is 0 Å². The third-order valence-corrected chi connectivity index (χ3v) is 4.02. The Morgan fingerprint density at radius 1 is 1.50 bits per heavy atom. The maximum atomic E-state index is 12.2. The summed E-state index contributed by atoms with van der Waals surface area (Å²) in [6.45, 7) is 4.58. The fourth-order valence-electron chi connectivity index (χ4n) is 2.52. The smallest absolute Gasteiger partial charge is 0.248 e. The topological polar surface area (TPSA) is 80.3 Å². The molecule has 0 spiro atoms. The van der Waals surface area contributed by atoms with E-state index in [1.54, 1.807) is 4.90 Å². The first-order chi connectivity index (χ1) is 10.8. The molecule has 0 aromatic carbocycles. The van der Waals surface area contributed by atoms with Crippen molar-refractivity contribution in [3.8, 4) is 0 Å². The molecule has 1 saturated heterocycles. The Balaban J connectivity index is 1.49. The molecule has 1 amide bonds. The number of nitrogens with zero attached hydrogens (tertiary/aromatic N) is 3. The second-order valence-electron chi connectivity index (χ2n) is 6.05. The lowest BCUT2D eigenvalue weighted by molar-refractivity contribution is -0.144. The number of aryl methyl sites for hydroxylation is 1. The van der Waals surface area contributed by atoms with Crippen molar-refractivity contribution in [1.82, 2.24) is 20.1 Å². The quantitative estimate of drug-likeness (QED) is 0.815. The number of aromatic amines is 1. The molecule has 0 radical (unpaired) electrons. The SMILES string of the molecule is CCCc1nc([C@@H]2CN(C(=O)COCC3CC3)CCO2)n[nH]1. The highest BCUT2D eigenvalue weighted by Crippen LogP contribution is 2.28. The predicted octanol–water partition coefficient (Wildman–Crippen LogP) is 1.08. The second kappa shape index (κ2) is 7.19. The zero-order valence-electron chi connectivity index (χ0n) is 13.1. The number of H-pyrrole nitrogens is 1. The fourth-order valence-corrected chi connectivity index (χ4v) is 2.52. The van der Waals surface area contributed by atoms with Crippen LogP contribution in [-0.2, 0) is 20.7 Å². The number of carbonyl (C=O) groups excluding carboxylic acids is 1. The molecule has 2 heterocycles. The van der Waals surface area contributed by atoms with E-state index in [2.05, 4.69) is 22.1 Å². The van der Waals surface area contributed by atoms with Gasteiger partial charge in [0.15, 0.2) is 5.82 Å². The number of nitrogens with one attached hydrogen (secondary N) is 1. The van der Waals surface area contributed by atoms with Gasteiger partial charge >= 0.3 is 0 Å². The van der Waals surface area contributed by atoms with E-state index in [9.17, 15) is 4.79 Å². The zero-order chi connectivity index (χ0) is 15.4. The minimum Gasteiger partial charge on any atom is -0.371 e. The van der Waals surface area contributed by atoms with Crippen LogP contribution in [0.3, 0.4) is 0 Å². The van der Waals surface area contributed by atoms with Crippen molar-refractivity contribution in [2.45, 2.75) is 38.7 Å². The van der Waals surface area contributed by atoms with Gasteiger partial charge in [0.25, 0.3) is 0 Å². The van der Waals surface area contributed by atoms with E-state index in [4.69, 9.17) is 9.47 Å². The average molecular weight is 308 g/mol. The molecule has 1 N–H and O–H groups in total. The fraction of sp³-hybridized carbons (Fsp3) is 0.800. The minimum absolute atomic E-state index is 0.0262. The van der Waals surface area contributed by atoms with E-state index in [1.165, 1.54) is 12.8 Å². The van der Waals surface area contributed by atoms with Gasteiger partial charge in [-0.15, -0.1) is 0 Å². The summed E-state index contributed by atoms with van der Waals surface area (Å²) in [6, 6.07) is 0. The Morgan fingerprint density at radius 3 is 3.14 bits per heavy atom. The van der Waals surface area contributed by atoms with Crippen molar-refractivity contribution >= 4 is 5.91 Å². The van der Waals surface area contributed by atoms with Gasteiger partial charge in [-0.3, -0.25) is 9.89 Å². The zero-order valence-corrected chi connectivity index (χ0v) is 13.1. The first kappa shape index (κ1) is 15.4. The van der Waals surface area contributed by atoms with Gasteiger partial charge in [-0.1, -0.05) is 6.92 Å². The van der Waals surface area contributed by atoms with Crippen LogP contribution in [-0.4, -0.2) is 58.9 Å². The van der Waals surface area contributed by atoms with E-state index in [-0.39, 0.29) is 18.6 Å². The average Bonchev–Trinajstić information content (AvgIpc) is 3.24. The molecule has 1 aliphatic carbocycles. The molecule has 0 unspecified atom stereocenters. The number of carbonyl (C=O) groups is 1. The largest absolute Gasteiger partial charge is 0.371 e. The van der Waals surface area contributed by atoms with E-state index < -0.39 is 0 Å². The summed E-state index contributed by atoms with van der Waals surface area (Å²) >= 11 is 0. The number of aromatic nitrogens is 3. The lowest BCUT2D eigenvalue weighted by atomic mass is 10.2. The Labute approximate surface area is 130 Å². The summed E-state index contributed by atoms with van der Waals surface area (Å²) < 4.78 is 11.2. The van der Waals surface area contributed by atoms with Crippen LogP contribution in [0.1, 0.15) is 43.9 Å². The van der Waals surface area contributed by atoms with Crippen molar-refractivity contribution in [2.24, 2.45) is 5.92 Å². The molecule has 122 valence electrons. The van der Waals surface area contributed by atoms with Crippen LogP contribution >= 0.6 is 0 Å². The van der Waals surface area contributed by atoms with Gasteiger partial charge in [0.1, 0.15) is 18.5 Å². The number of hydrogen-bond donors (Lipinski definition) is 1. The highest BCUT2D eigenvalue weighted by molar-refractivity contribution is 5.77. The highest BCUT2D eigenvalue weighted by atomic mass is 16.5. The number of rotatable bonds is 7. The molecule has 7 heteroatoms. The van der Waals surface area contributed by atoms with Gasteiger partial charge in [-0.25, -0.2) is 4.98 Å². The Morgan fingerprint density at radius 2 is 2.36 bits per heavy atom. The van der Waals surface area contributed by atoms with Crippen molar-refractivity contribution in [3.63, 3.8) is 0 Å². The van der Waals surface area contributed by atoms with Crippen LogP contribution in [0.5, 0.6) is 0 Å². The molecule has 0 bridgehead atoms. The molecule has 1 atom stereocenters. The van der Waals surface area contributed by atoms with Crippen LogP contribution in [0, 0.1) is 5.92 Å². The molecule has 22 heavy (non-hydrogen) atoms. The molecule has 2 aliphatic rings. The molecular weight excluding hydrogens is 284 g/mol. The van der Waals surface area contributed by atoms with Crippen LogP contribution < -0.4 is 0 Å². The molecular formula is C15H24N4O3. The van der Waals surface area contributed by atoms with E-state index in [0.717, 1.165) is 18.7 Å². The molecule has 1 aromatic heterocycles. The van der Waals surface area contributed by atoms with E-state index >= 15 is 0 Å². The third-order valence-electron chi connectivity index (χ3n) is 4.02. The molecule has 7 nitrogen and oxygen atoms in total. The number of hydrogen-bond acceptors (Lipinski definition) is 5. The maximum absolute atomic E-state index is 12.2. The van der Waals surface area contributed by atoms with Crippen molar-refractivity contribution in [2.75, 3.05) is 32.9 Å². The summed E-state index contributed by atoms with van der Waals surface area (Å²) in [5.74, 6) is 2.21. The van der Waals surface area contributed by atoms with Crippen LogP contribution in [0.15, 0.2) is 0 Å². The van der Waals surface area contributed by atoms with Gasteiger partial charge < -0.3 is 14.4 Å². The summed E-state index contributed by atoms with van der Waals surface area (Å²) in [5, 5.41) is 7.15. The molecule has 3 rings (SSSR count). The van der Waals surface area contributed by atoms with Crippen molar-refractivity contribution in [1.29, 1.82) is 0 Å². The summed E-state index contributed by atoms with van der Waals surface area (Å²) in [4.78, 5) is 18.4. The Kier molecular flexibility index (Phi) is 5.04. The lowest BCUT2D eigenvalue weighted by Crippen LogP contribution is -2.44. The van der Waals surface area contributed by atoms with Gasteiger partial charge in [0.05, 0.1) is 19.8 Å². The first-order valence-electron chi connectivity index (χ1n) is 8.14. The minimum atomic E-state index is -0.247. The van der Waals surface area contributed by atoms with Gasteiger partial charge in [0.2, 0.25) is 5.91 Å². The molecule has 1 aromatic rings. The second-order valence-corrected chi connectivity index (χ2v) is 6.05. The van der Waals surface area contributed by atoms with Crippen molar-refractivity contribution in [3.05, 3.63) is 11.6 Å².